The number of nitrogens with zero attached hydrogens (tertiary/aromatic N) is 1. The van der Waals surface area contributed by atoms with Crippen molar-refractivity contribution in [3.05, 3.63) is 54.5 Å². The number of ether oxygens (including phenoxy) is 1. The summed E-state index contributed by atoms with van der Waals surface area (Å²) in [6, 6.07) is 4.34. The van der Waals surface area contributed by atoms with Gasteiger partial charge in [-0.1, -0.05) is 20.1 Å². The first-order valence-corrected chi connectivity index (χ1v) is 7.20. The maximum Gasteiger partial charge on any atom is 0.127 e. The zero-order valence-electron chi connectivity index (χ0n) is 12.3. The second-order valence-corrected chi connectivity index (χ2v) is 5.27. The number of benzene rings is 1. The van der Waals surface area contributed by atoms with Crippen LogP contribution in [0.2, 0.25) is 0 Å². The first-order valence-electron chi connectivity index (χ1n) is 7.20. The van der Waals surface area contributed by atoms with Gasteiger partial charge in [-0.3, -0.25) is 0 Å². The van der Waals surface area contributed by atoms with Crippen LogP contribution in [0, 0.1) is 5.82 Å². The number of hydrogen-bond acceptors (Lipinski definition) is 2. The Morgan fingerprint density at radius 2 is 2.24 bits per heavy atom. The third-order valence-electron chi connectivity index (χ3n) is 3.61. The molecule has 1 heterocycles. The van der Waals surface area contributed by atoms with E-state index >= 15 is 0 Å². The Hall–Kier alpha value is -1.84. The minimum Gasteiger partial charge on any atom is -0.493 e. The molecular weight excluding hydrogens is 272 g/mol. The number of likely N-dealkylation sites (tertiary alicyclic amines) is 1. The summed E-state index contributed by atoms with van der Waals surface area (Å²) in [5, 5.41) is 0. The van der Waals surface area contributed by atoms with Crippen molar-refractivity contribution in [3.8, 4) is 5.75 Å². The quantitative estimate of drug-likeness (QED) is 0.721. The molecule has 1 aliphatic rings. The Morgan fingerprint density at radius 1 is 1.48 bits per heavy atom. The van der Waals surface area contributed by atoms with Crippen molar-refractivity contribution in [2.45, 2.75) is 32.0 Å². The summed E-state index contributed by atoms with van der Waals surface area (Å²) < 4.78 is 33.0. The van der Waals surface area contributed by atoms with E-state index < -0.39 is 6.17 Å². The number of hydrogen-bond donors (Lipinski definition) is 0. The molecule has 21 heavy (non-hydrogen) atoms. The van der Waals surface area contributed by atoms with E-state index in [1.165, 1.54) is 12.1 Å². The van der Waals surface area contributed by atoms with Crippen LogP contribution >= 0.6 is 0 Å². The van der Waals surface area contributed by atoms with Crippen LogP contribution in [0.4, 0.5) is 8.78 Å². The third kappa shape index (κ3) is 3.63. The Kier molecular flexibility index (Phi) is 4.99. The van der Waals surface area contributed by atoms with E-state index in [1.807, 2.05) is 11.8 Å². The maximum absolute atomic E-state index is 13.8. The molecule has 4 heteroatoms. The molecule has 0 aromatic heterocycles. The van der Waals surface area contributed by atoms with Gasteiger partial charge in [-0.05, 0) is 30.2 Å². The Balaban J connectivity index is 2.28. The van der Waals surface area contributed by atoms with Gasteiger partial charge in [0.2, 0.25) is 0 Å². The van der Waals surface area contributed by atoms with E-state index in [0.29, 0.717) is 30.0 Å². The van der Waals surface area contributed by atoms with Gasteiger partial charge in [0.05, 0.1) is 12.6 Å². The van der Waals surface area contributed by atoms with Crippen LogP contribution in [0.25, 0.3) is 0 Å². The summed E-state index contributed by atoms with van der Waals surface area (Å²) in [6.45, 7) is 10.3. The van der Waals surface area contributed by atoms with Crippen molar-refractivity contribution < 1.29 is 13.5 Å². The molecule has 0 aliphatic carbocycles. The minimum atomic E-state index is -0.949. The van der Waals surface area contributed by atoms with Crippen molar-refractivity contribution in [2.75, 3.05) is 13.2 Å². The molecule has 0 spiro atoms. The summed E-state index contributed by atoms with van der Waals surface area (Å²) in [4.78, 5) is 1.83. The zero-order chi connectivity index (χ0) is 15.4. The predicted molar refractivity (Wildman–Crippen MR) is 80.5 cm³/mol. The molecule has 1 aromatic rings. The van der Waals surface area contributed by atoms with E-state index in [9.17, 15) is 8.78 Å². The molecule has 0 N–H and O–H groups in total. The highest BCUT2D eigenvalue weighted by atomic mass is 19.1. The van der Waals surface area contributed by atoms with Crippen LogP contribution in [0.15, 0.2) is 43.1 Å². The average molecular weight is 293 g/mol. The summed E-state index contributed by atoms with van der Waals surface area (Å²) in [7, 11) is 0. The fraction of sp³-hybridized carbons (Fsp3) is 0.412. The van der Waals surface area contributed by atoms with Crippen molar-refractivity contribution >= 4 is 0 Å². The van der Waals surface area contributed by atoms with Crippen LogP contribution in [0.1, 0.15) is 31.4 Å². The van der Waals surface area contributed by atoms with Crippen molar-refractivity contribution in [3.63, 3.8) is 0 Å². The van der Waals surface area contributed by atoms with Gasteiger partial charge in [0.15, 0.2) is 0 Å². The summed E-state index contributed by atoms with van der Waals surface area (Å²) in [5.41, 5.74) is 1.37. The molecule has 1 aromatic carbocycles. The summed E-state index contributed by atoms with van der Waals surface area (Å²) >= 11 is 0. The van der Waals surface area contributed by atoms with Gasteiger partial charge in [0.25, 0.3) is 0 Å². The zero-order valence-corrected chi connectivity index (χ0v) is 12.3. The lowest BCUT2D eigenvalue weighted by atomic mass is 10.0. The van der Waals surface area contributed by atoms with Gasteiger partial charge in [-0.25, -0.2) is 8.78 Å². The molecule has 2 atom stereocenters. The highest BCUT2D eigenvalue weighted by Crippen LogP contribution is 2.37. The van der Waals surface area contributed by atoms with Gasteiger partial charge in [-0.15, -0.1) is 0 Å². The largest absolute Gasteiger partial charge is 0.493 e. The standard InChI is InChI=1S/C17H21F2NO/c1-4-6-21-16-8-13(7-14(18)9-16)17-10-15(19)11-20(17)12(3)5-2/h5,7-9,15,17H,2-4,6,10-11H2,1H3. The van der Waals surface area contributed by atoms with Crippen LogP contribution in [-0.4, -0.2) is 24.2 Å². The minimum absolute atomic E-state index is 0.231. The predicted octanol–water partition coefficient (Wildman–Crippen LogP) is 4.40. The van der Waals surface area contributed by atoms with E-state index in [1.54, 1.807) is 12.1 Å². The van der Waals surface area contributed by atoms with Gasteiger partial charge in [0, 0.05) is 24.7 Å². The Labute approximate surface area is 124 Å². The number of allylic oxidation sites excluding steroid dienone is 1. The molecule has 1 saturated heterocycles. The van der Waals surface area contributed by atoms with Crippen molar-refractivity contribution in [1.29, 1.82) is 0 Å². The smallest absolute Gasteiger partial charge is 0.127 e. The molecule has 114 valence electrons. The van der Waals surface area contributed by atoms with Gasteiger partial charge >= 0.3 is 0 Å². The Morgan fingerprint density at radius 3 is 2.90 bits per heavy atom. The van der Waals surface area contributed by atoms with Crippen LogP contribution in [0.5, 0.6) is 5.75 Å². The number of halogens is 2. The Bertz CT molecular complexity index is 530. The molecule has 1 aliphatic heterocycles. The summed E-state index contributed by atoms with van der Waals surface area (Å²) in [6.07, 6.45) is 1.82. The van der Waals surface area contributed by atoms with Crippen molar-refractivity contribution in [2.24, 2.45) is 0 Å². The second-order valence-electron chi connectivity index (χ2n) is 5.27. The van der Waals surface area contributed by atoms with E-state index in [0.717, 1.165) is 6.42 Å². The molecule has 1 fully saturated rings. The van der Waals surface area contributed by atoms with E-state index in [2.05, 4.69) is 13.2 Å². The lowest BCUT2D eigenvalue weighted by Crippen LogP contribution is -2.22. The maximum atomic E-state index is 13.8. The fourth-order valence-corrected chi connectivity index (χ4v) is 2.62. The lowest BCUT2D eigenvalue weighted by Gasteiger charge is -2.27. The van der Waals surface area contributed by atoms with E-state index in [4.69, 9.17) is 4.74 Å². The first kappa shape index (κ1) is 15.5. The van der Waals surface area contributed by atoms with Gasteiger partial charge in [-0.2, -0.15) is 0 Å². The number of rotatable bonds is 6. The number of alkyl halides is 1. The monoisotopic (exact) mass is 293 g/mol. The van der Waals surface area contributed by atoms with Crippen molar-refractivity contribution in [1.82, 2.24) is 4.90 Å². The molecule has 0 bridgehead atoms. The SMILES string of the molecule is C=CC(=C)N1CC(F)CC1c1cc(F)cc(OCCC)c1. The molecule has 0 saturated carbocycles. The second kappa shape index (κ2) is 6.74. The van der Waals surface area contributed by atoms with Crippen LogP contribution in [0.3, 0.4) is 0 Å². The van der Waals surface area contributed by atoms with Gasteiger partial charge in [0.1, 0.15) is 17.7 Å². The molecule has 0 amide bonds. The molecule has 0 radical (unpaired) electrons. The highest BCUT2D eigenvalue weighted by molar-refractivity contribution is 5.33. The third-order valence-corrected chi connectivity index (χ3v) is 3.61. The molecular formula is C17H21F2NO. The van der Waals surface area contributed by atoms with E-state index in [-0.39, 0.29) is 18.4 Å². The summed E-state index contributed by atoms with van der Waals surface area (Å²) in [5.74, 6) is 0.114. The lowest BCUT2D eigenvalue weighted by molar-refractivity contribution is 0.306. The van der Waals surface area contributed by atoms with Gasteiger partial charge < -0.3 is 9.64 Å². The molecule has 2 rings (SSSR count). The highest BCUT2D eigenvalue weighted by Gasteiger charge is 2.33. The molecule has 2 unspecified atom stereocenters. The van der Waals surface area contributed by atoms with Crippen LogP contribution < -0.4 is 4.74 Å². The molecule has 2 nitrogen and oxygen atoms in total. The first-order chi connectivity index (χ1) is 10.0. The average Bonchev–Trinajstić information content (AvgIpc) is 2.85. The van der Waals surface area contributed by atoms with Crippen LogP contribution in [-0.2, 0) is 0 Å². The topological polar surface area (TPSA) is 12.5 Å². The normalized spacial score (nSPS) is 21.4. The fourth-order valence-electron chi connectivity index (χ4n) is 2.62.